The van der Waals surface area contributed by atoms with E-state index < -0.39 is 0 Å². The first kappa shape index (κ1) is 18.1. The van der Waals surface area contributed by atoms with Crippen LogP contribution in [0.1, 0.15) is 18.1 Å². The van der Waals surface area contributed by atoms with Crippen LogP contribution in [0.5, 0.6) is 0 Å². The third-order valence-corrected chi connectivity index (χ3v) is 3.32. The Kier molecular flexibility index (Phi) is 7.94. The third kappa shape index (κ3) is 5.77. The van der Waals surface area contributed by atoms with Gasteiger partial charge < -0.3 is 19.5 Å². The van der Waals surface area contributed by atoms with E-state index in [4.69, 9.17) is 9.26 Å². The van der Waals surface area contributed by atoms with E-state index in [1.165, 1.54) is 0 Å². The summed E-state index contributed by atoms with van der Waals surface area (Å²) in [7, 11) is 3.84. The van der Waals surface area contributed by atoms with Gasteiger partial charge in [-0.25, -0.2) is 0 Å². The van der Waals surface area contributed by atoms with Gasteiger partial charge in [-0.1, -0.05) is 5.16 Å². The monoisotopic (exact) mass is 409 g/mol. The lowest BCUT2D eigenvalue weighted by molar-refractivity contribution is 0.181. The molecule has 0 saturated carbocycles. The molecule has 1 N–H and O–H groups in total. The van der Waals surface area contributed by atoms with Crippen molar-refractivity contribution >= 4 is 29.9 Å². The first-order valence-corrected chi connectivity index (χ1v) is 6.97. The number of aryl methyl sites for hydroxylation is 1. The molecule has 0 aliphatic carbocycles. The molecular weight excluding hydrogens is 385 g/mol. The third-order valence-electron chi connectivity index (χ3n) is 3.32. The first-order valence-electron chi connectivity index (χ1n) is 6.97. The summed E-state index contributed by atoms with van der Waals surface area (Å²) in [5, 5.41) is 7.08. The molecule has 1 fully saturated rings. The van der Waals surface area contributed by atoms with Crippen LogP contribution >= 0.6 is 24.0 Å². The molecule has 1 saturated heterocycles. The first-order chi connectivity index (χ1) is 9.69. The van der Waals surface area contributed by atoms with Gasteiger partial charge >= 0.3 is 0 Å². The number of halogens is 1. The Morgan fingerprint density at radius 2 is 2.33 bits per heavy atom. The second-order valence-corrected chi connectivity index (χ2v) is 5.07. The smallest absolute Gasteiger partial charge is 0.228 e. The van der Waals surface area contributed by atoms with E-state index >= 15 is 0 Å². The number of guanidine groups is 1. The van der Waals surface area contributed by atoms with Gasteiger partial charge in [-0.15, -0.1) is 24.0 Å². The predicted octanol–water partition coefficient (Wildman–Crippen LogP) is 1.08. The highest BCUT2D eigenvalue weighted by Crippen LogP contribution is 2.13. The molecule has 1 aliphatic rings. The highest BCUT2D eigenvalue weighted by atomic mass is 127. The fourth-order valence-corrected chi connectivity index (χ4v) is 2.31. The van der Waals surface area contributed by atoms with Crippen molar-refractivity contribution in [2.45, 2.75) is 19.8 Å². The lowest BCUT2D eigenvalue weighted by atomic mass is 10.1. The van der Waals surface area contributed by atoms with Crippen LogP contribution in [0.25, 0.3) is 0 Å². The van der Waals surface area contributed by atoms with Crippen molar-refractivity contribution in [3.63, 3.8) is 0 Å². The fraction of sp³-hybridized carbons (Fsp3) is 0.769. The van der Waals surface area contributed by atoms with Crippen LogP contribution in [0.3, 0.4) is 0 Å². The maximum absolute atomic E-state index is 5.40. The zero-order valence-electron chi connectivity index (χ0n) is 12.8. The summed E-state index contributed by atoms with van der Waals surface area (Å²) in [6.45, 7) is 5.22. The Bertz CT molecular complexity index is 446. The topological polar surface area (TPSA) is 75.8 Å². The Labute approximate surface area is 142 Å². The molecule has 7 nitrogen and oxygen atoms in total. The minimum atomic E-state index is 0. The SMILES string of the molecule is CN=C(NCCc1nc(C)no1)N(C)CC1CCOC1.I. The molecule has 120 valence electrons. The number of aromatic nitrogens is 2. The van der Waals surface area contributed by atoms with Gasteiger partial charge in [0, 0.05) is 46.1 Å². The molecule has 1 unspecified atom stereocenters. The Morgan fingerprint density at radius 1 is 1.52 bits per heavy atom. The zero-order valence-corrected chi connectivity index (χ0v) is 15.2. The zero-order chi connectivity index (χ0) is 14.4. The maximum atomic E-state index is 5.40. The molecule has 0 amide bonds. The molecule has 1 aromatic heterocycles. The fourth-order valence-electron chi connectivity index (χ4n) is 2.31. The van der Waals surface area contributed by atoms with Gasteiger partial charge in [0.05, 0.1) is 6.61 Å². The number of ether oxygens (including phenoxy) is 1. The lowest BCUT2D eigenvalue weighted by Gasteiger charge is -2.24. The van der Waals surface area contributed by atoms with Gasteiger partial charge in [-0.05, 0) is 13.3 Å². The van der Waals surface area contributed by atoms with E-state index in [0.717, 1.165) is 38.7 Å². The Hall–Kier alpha value is -0.900. The molecule has 2 rings (SSSR count). The quantitative estimate of drug-likeness (QED) is 0.446. The van der Waals surface area contributed by atoms with Crippen molar-refractivity contribution in [3.8, 4) is 0 Å². The molecule has 0 aromatic carbocycles. The number of hydrogen-bond donors (Lipinski definition) is 1. The summed E-state index contributed by atoms with van der Waals surface area (Å²) < 4.78 is 10.5. The Morgan fingerprint density at radius 3 is 2.90 bits per heavy atom. The van der Waals surface area contributed by atoms with Crippen molar-refractivity contribution in [3.05, 3.63) is 11.7 Å². The van der Waals surface area contributed by atoms with E-state index in [-0.39, 0.29) is 24.0 Å². The minimum absolute atomic E-state index is 0. The number of nitrogens with zero attached hydrogens (tertiary/aromatic N) is 4. The van der Waals surface area contributed by atoms with Crippen molar-refractivity contribution in [1.29, 1.82) is 0 Å². The second-order valence-electron chi connectivity index (χ2n) is 5.07. The van der Waals surface area contributed by atoms with Crippen LogP contribution in [0, 0.1) is 12.8 Å². The van der Waals surface area contributed by atoms with Crippen LogP contribution < -0.4 is 5.32 Å². The molecular formula is C13H24IN5O2. The number of hydrogen-bond acceptors (Lipinski definition) is 5. The number of rotatable bonds is 5. The van der Waals surface area contributed by atoms with Crippen LogP contribution in [0.4, 0.5) is 0 Å². The van der Waals surface area contributed by atoms with Crippen molar-refractivity contribution in [1.82, 2.24) is 20.4 Å². The highest BCUT2D eigenvalue weighted by molar-refractivity contribution is 14.0. The number of aliphatic imine (C=N–C) groups is 1. The van der Waals surface area contributed by atoms with Crippen molar-refractivity contribution < 1.29 is 9.26 Å². The molecule has 1 aromatic rings. The lowest BCUT2D eigenvalue weighted by Crippen LogP contribution is -2.42. The molecule has 2 heterocycles. The molecule has 8 heteroatoms. The van der Waals surface area contributed by atoms with Gasteiger partial charge in [-0.3, -0.25) is 4.99 Å². The molecule has 1 atom stereocenters. The summed E-state index contributed by atoms with van der Waals surface area (Å²) in [5.74, 6) is 2.80. The van der Waals surface area contributed by atoms with Gasteiger partial charge in [0.15, 0.2) is 11.8 Å². The standard InChI is InChI=1S/C13H23N5O2.HI/c1-10-16-12(20-17-10)4-6-15-13(14-2)18(3)8-11-5-7-19-9-11;/h11H,4-9H2,1-3H3,(H,14,15);1H. The predicted molar refractivity (Wildman–Crippen MR) is 91.1 cm³/mol. The van der Waals surface area contributed by atoms with Crippen LogP contribution in [0.2, 0.25) is 0 Å². The summed E-state index contributed by atoms with van der Waals surface area (Å²) in [6.07, 6.45) is 1.82. The van der Waals surface area contributed by atoms with E-state index in [2.05, 4.69) is 25.3 Å². The molecule has 21 heavy (non-hydrogen) atoms. The van der Waals surface area contributed by atoms with E-state index in [0.29, 0.717) is 24.1 Å². The summed E-state index contributed by atoms with van der Waals surface area (Å²) >= 11 is 0. The molecule has 0 spiro atoms. The molecule has 1 aliphatic heterocycles. The van der Waals surface area contributed by atoms with Crippen molar-refractivity contribution in [2.24, 2.45) is 10.9 Å². The largest absolute Gasteiger partial charge is 0.381 e. The minimum Gasteiger partial charge on any atom is -0.381 e. The summed E-state index contributed by atoms with van der Waals surface area (Å²) in [6, 6.07) is 0. The van der Waals surface area contributed by atoms with Gasteiger partial charge in [0.2, 0.25) is 5.89 Å². The van der Waals surface area contributed by atoms with Gasteiger partial charge in [-0.2, -0.15) is 4.98 Å². The molecule has 0 bridgehead atoms. The average molecular weight is 409 g/mol. The maximum Gasteiger partial charge on any atom is 0.228 e. The van der Waals surface area contributed by atoms with E-state index in [1.807, 2.05) is 14.0 Å². The summed E-state index contributed by atoms with van der Waals surface area (Å²) in [5.41, 5.74) is 0. The van der Waals surface area contributed by atoms with E-state index in [9.17, 15) is 0 Å². The summed E-state index contributed by atoms with van der Waals surface area (Å²) in [4.78, 5) is 10.6. The van der Waals surface area contributed by atoms with Gasteiger partial charge in [0.1, 0.15) is 0 Å². The number of nitrogens with one attached hydrogen (secondary N) is 1. The van der Waals surface area contributed by atoms with Crippen LogP contribution in [0.15, 0.2) is 9.52 Å². The van der Waals surface area contributed by atoms with Gasteiger partial charge in [0.25, 0.3) is 0 Å². The van der Waals surface area contributed by atoms with E-state index in [1.54, 1.807) is 7.05 Å². The highest BCUT2D eigenvalue weighted by Gasteiger charge is 2.19. The van der Waals surface area contributed by atoms with Crippen molar-refractivity contribution in [2.75, 3.05) is 40.4 Å². The second kappa shape index (κ2) is 9.19. The molecule has 0 radical (unpaired) electrons. The van der Waals surface area contributed by atoms with Crippen LogP contribution in [-0.4, -0.2) is 61.4 Å². The Balaban J connectivity index is 0.00000220. The van der Waals surface area contributed by atoms with Crippen LogP contribution in [-0.2, 0) is 11.2 Å². The normalized spacial score (nSPS) is 18.4. The average Bonchev–Trinajstić information content (AvgIpc) is 3.06.